The van der Waals surface area contributed by atoms with E-state index in [0.29, 0.717) is 5.69 Å². The SMILES string of the molecule is N#Cc1c(N2C[C@@H]3CN4CCCC[C@H]4[C@H]3C2)nc2ccccn12. The Balaban J connectivity index is 1.48. The number of anilines is 1. The summed E-state index contributed by atoms with van der Waals surface area (Å²) in [5.41, 5.74) is 1.55. The van der Waals surface area contributed by atoms with Crippen molar-refractivity contribution in [3.05, 3.63) is 30.1 Å². The first-order valence-corrected chi connectivity index (χ1v) is 8.71. The van der Waals surface area contributed by atoms with E-state index >= 15 is 0 Å². The Morgan fingerprint density at radius 1 is 1.17 bits per heavy atom. The molecule has 3 atom stereocenters. The molecular formula is C18H21N5. The van der Waals surface area contributed by atoms with E-state index in [2.05, 4.69) is 15.9 Å². The summed E-state index contributed by atoms with van der Waals surface area (Å²) in [6.45, 7) is 4.64. The highest BCUT2D eigenvalue weighted by Crippen LogP contribution is 2.42. The smallest absolute Gasteiger partial charge is 0.169 e. The van der Waals surface area contributed by atoms with Crippen LogP contribution in [0.3, 0.4) is 0 Å². The van der Waals surface area contributed by atoms with Crippen molar-refractivity contribution in [3.8, 4) is 6.07 Å². The Morgan fingerprint density at radius 2 is 2.13 bits per heavy atom. The van der Waals surface area contributed by atoms with Crippen LogP contribution in [-0.4, -0.2) is 46.5 Å². The van der Waals surface area contributed by atoms with Gasteiger partial charge in [0.1, 0.15) is 11.7 Å². The summed E-state index contributed by atoms with van der Waals surface area (Å²) < 4.78 is 1.91. The highest BCUT2D eigenvalue weighted by Gasteiger charge is 2.47. The first kappa shape index (κ1) is 13.4. The molecule has 0 spiro atoms. The molecule has 3 aliphatic rings. The lowest BCUT2D eigenvalue weighted by atomic mass is 9.90. The summed E-state index contributed by atoms with van der Waals surface area (Å²) in [5, 5.41) is 9.61. The second-order valence-electron chi connectivity index (χ2n) is 7.21. The molecule has 0 radical (unpaired) electrons. The lowest BCUT2D eigenvalue weighted by Crippen LogP contribution is -2.40. The van der Waals surface area contributed by atoms with Gasteiger partial charge in [0, 0.05) is 31.9 Å². The normalized spacial score (nSPS) is 30.4. The predicted molar refractivity (Wildman–Crippen MR) is 88.3 cm³/mol. The van der Waals surface area contributed by atoms with E-state index in [4.69, 9.17) is 4.98 Å². The van der Waals surface area contributed by atoms with Crippen LogP contribution in [0.15, 0.2) is 24.4 Å². The second-order valence-corrected chi connectivity index (χ2v) is 7.21. The molecule has 0 N–H and O–H groups in total. The fourth-order valence-electron chi connectivity index (χ4n) is 5.04. The van der Waals surface area contributed by atoms with Crippen molar-refractivity contribution in [1.29, 1.82) is 5.26 Å². The summed E-state index contributed by atoms with van der Waals surface area (Å²) >= 11 is 0. The van der Waals surface area contributed by atoms with Gasteiger partial charge in [-0.15, -0.1) is 0 Å². The number of imidazole rings is 1. The lowest BCUT2D eigenvalue weighted by molar-refractivity contribution is 0.173. The van der Waals surface area contributed by atoms with Crippen molar-refractivity contribution in [2.24, 2.45) is 11.8 Å². The van der Waals surface area contributed by atoms with E-state index in [9.17, 15) is 5.26 Å². The van der Waals surface area contributed by atoms with E-state index in [1.165, 1.54) is 32.4 Å². The average molecular weight is 307 g/mol. The van der Waals surface area contributed by atoms with Gasteiger partial charge in [-0.1, -0.05) is 12.5 Å². The molecule has 3 saturated heterocycles. The van der Waals surface area contributed by atoms with Crippen molar-refractivity contribution in [3.63, 3.8) is 0 Å². The van der Waals surface area contributed by atoms with E-state index in [-0.39, 0.29) is 0 Å². The van der Waals surface area contributed by atoms with Crippen LogP contribution >= 0.6 is 0 Å². The summed E-state index contributed by atoms with van der Waals surface area (Å²) in [5.74, 6) is 2.39. The van der Waals surface area contributed by atoms with Crippen molar-refractivity contribution in [2.45, 2.75) is 25.3 Å². The van der Waals surface area contributed by atoms with Gasteiger partial charge in [-0.2, -0.15) is 5.26 Å². The molecule has 0 aliphatic carbocycles. The molecular weight excluding hydrogens is 286 g/mol. The summed E-state index contributed by atoms with van der Waals surface area (Å²) in [7, 11) is 0. The Morgan fingerprint density at radius 3 is 3.04 bits per heavy atom. The van der Waals surface area contributed by atoms with Gasteiger partial charge in [0.15, 0.2) is 11.5 Å². The van der Waals surface area contributed by atoms with E-state index in [1.807, 2.05) is 28.8 Å². The maximum atomic E-state index is 9.61. The minimum absolute atomic E-state index is 0.682. The molecule has 0 saturated carbocycles. The molecule has 3 fully saturated rings. The quantitative estimate of drug-likeness (QED) is 0.810. The molecule has 5 nitrogen and oxygen atoms in total. The zero-order valence-electron chi connectivity index (χ0n) is 13.2. The van der Waals surface area contributed by atoms with Crippen molar-refractivity contribution in [1.82, 2.24) is 14.3 Å². The molecule has 5 heteroatoms. The van der Waals surface area contributed by atoms with Crippen LogP contribution in [0.4, 0.5) is 5.82 Å². The molecule has 118 valence electrons. The Bertz CT molecular complexity index is 788. The Labute approximate surface area is 136 Å². The van der Waals surface area contributed by atoms with Gasteiger partial charge >= 0.3 is 0 Å². The van der Waals surface area contributed by atoms with Crippen molar-refractivity contribution in [2.75, 3.05) is 31.1 Å². The fourth-order valence-corrected chi connectivity index (χ4v) is 5.04. The third-order valence-electron chi connectivity index (χ3n) is 6.04. The molecule has 0 bridgehead atoms. The number of nitrogens with zero attached hydrogens (tertiary/aromatic N) is 5. The summed E-state index contributed by atoms with van der Waals surface area (Å²) in [6.07, 6.45) is 6.03. The van der Waals surface area contributed by atoms with Gasteiger partial charge in [-0.25, -0.2) is 4.98 Å². The van der Waals surface area contributed by atoms with Gasteiger partial charge < -0.3 is 4.90 Å². The van der Waals surface area contributed by atoms with Crippen molar-refractivity contribution >= 4 is 11.5 Å². The highest BCUT2D eigenvalue weighted by atomic mass is 15.3. The fraction of sp³-hybridized carbons (Fsp3) is 0.556. The topological polar surface area (TPSA) is 47.6 Å². The van der Waals surface area contributed by atoms with Gasteiger partial charge in [-0.3, -0.25) is 9.30 Å². The zero-order valence-corrected chi connectivity index (χ0v) is 13.2. The molecule has 3 aliphatic heterocycles. The molecule has 5 rings (SSSR count). The van der Waals surface area contributed by atoms with E-state index < -0.39 is 0 Å². The number of rotatable bonds is 1. The zero-order chi connectivity index (χ0) is 15.4. The van der Waals surface area contributed by atoms with Crippen LogP contribution < -0.4 is 4.90 Å². The molecule has 2 aromatic rings. The van der Waals surface area contributed by atoms with Crippen molar-refractivity contribution < 1.29 is 0 Å². The van der Waals surface area contributed by atoms with Crippen LogP contribution in [0.2, 0.25) is 0 Å². The number of nitriles is 1. The molecule has 0 aromatic carbocycles. The number of pyridine rings is 1. The average Bonchev–Trinajstić information content (AvgIpc) is 3.24. The third kappa shape index (κ3) is 1.91. The maximum absolute atomic E-state index is 9.61. The second kappa shape index (κ2) is 4.97. The summed E-state index contributed by atoms with van der Waals surface area (Å²) in [6, 6.07) is 9.04. The number of hydrogen-bond acceptors (Lipinski definition) is 4. The van der Waals surface area contributed by atoms with Crippen LogP contribution in [0.25, 0.3) is 5.65 Å². The van der Waals surface area contributed by atoms with Crippen LogP contribution in [-0.2, 0) is 0 Å². The lowest BCUT2D eigenvalue weighted by Gasteiger charge is -2.33. The van der Waals surface area contributed by atoms with Gasteiger partial charge in [0.05, 0.1) is 0 Å². The monoisotopic (exact) mass is 307 g/mol. The standard InChI is InChI=1S/C18H21N5/c19-9-16-18(20-17-6-2-4-8-23(16)17)22-11-13-10-21-7-3-1-5-15(21)14(13)12-22/h2,4,6,8,13-15H,1,3,5,7,10-12H2/t13-,14-,15-/m0/s1. The minimum Gasteiger partial charge on any atom is -0.353 e. The van der Waals surface area contributed by atoms with Gasteiger partial charge in [0.25, 0.3) is 0 Å². The minimum atomic E-state index is 0.682. The first-order valence-electron chi connectivity index (χ1n) is 8.71. The van der Waals surface area contributed by atoms with Gasteiger partial charge in [0.2, 0.25) is 0 Å². The Kier molecular flexibility index (Phi) is 2.89. The van der Waals surface area contributed by atoms with E-state index in [1.54, 1.807) is 0 Å². The Hall–Kier alpha value is -2.06. The van der Waals surface area contributed by atoms with Crippen LogP contribution in [0, 0.1) is 23.2 Å². The molecule has 2 aromatic heterocycles. The highest BCUT2D eigenvalue weighted by molar-refractivity contribution is 5.61. The number of piperidine rings is 1. The van der Waals surface area contributed by atoms with Crippen LogP contribution in [0.5, 0.6) is 0 Å². The third-order valence-corrected chi connectivity index (χ3v) is 6.04. The number of hydrogen-bond donors (Lipinski definition) is 0. The number of fused-ring (bicyclic) bond motifs is 4. The van der Waals surface area contributed by atoms with Gasteiger partial charge in [-0.05, 0) is 43.4 Å². The number of aromatic nitrogens is 2. The molecule has 0 unspecified atom stereocenters. The molecule has 0 amide bonds. The molecule has 23 heavy (non-hydrogen) atoms. The predicted octanol–water partition coefficient (Wildman–Crippen LogP) is 2.13. The van der Waals surface area contributed by atoms with Crippen LogP contribution in [0.1, 0.15) is 25.0 Å². The first-order chi connectivity index (χ1) is 11.3. The largest absolute Gasteiger partial charge is 0.353 e. The summed E-state index contributed by atoms with van der Waals surface area (Å²) in [4.78, 5) is 9.83. The molecule has 5 heterocycles. The maximum Gasteiger partial charge on any atom is 0.169 e. The van der Waals surface area contributed by atoms with E-state index in [0.717, 1.165) is 42.4 Å².